The van der Waals surface area contributed by atoms with Crippen LogP contribution in [0.3, 0.4) is 0 Å². The number of hydrogen-bond acceptors (Lipinski definition) is 6. The predicted molar refractivity (Wildman–Crippen MR) is 289 cm³/mol. The summed E-state index contributed by atoms with van der Waals surface area (Å²) in [6.45, 7) is 1.37. The zero-order valence-corrected chi connectivity index (χ0v) is 41.2. The number of nitrogens with one attached hydrogen (secondary N) is 6. The molecule has 0 saturated carbocycles. The van der Waals surface area contributed by atoms with Crippen molar-refractivity contribution >= 4 is 89.5 Å². The van der Waals surface area contributed by atoms with E-state index in [1.165, 1.54) is 6.92 Å². The maximum atomic E-state index is 15.4. The molecule has 8 N–H and O–H groups in total. The number of aromatic amines is 5. The van der Waals surface area contributed by atoms with Crippen molar-refractivity contribution < 1.29 is 28.8 Å². The van der Waals surface area contributed by atoms with E-state index in [4.69, 9.17) is 5.73 Å². The van der Waals surface area contributed by atoms with E-state index >= 15 is 9.59 Å². The fourth-order valence-electron chi connectivity index (χ4n) is 11.1. The zero-order valence-electron chi connectivity index (χ0n) is 41.2. The summed E-state index contributed by atoms with van der Waals surface area (Å²) in [6.07, 6.45) is 9.55. The van der Waals surface area contributed by atoms with Crippen LogP contribution in [-0.2, 0) is 60.9 Å². The lowest BCUT2D eigenvalue weighted by molar-refractivity contribution is -0.134. The lowest BCUT2D eigenvalue weighted by Gasteiger charge is -2.24. The second-order valence-corrected chi connectivity index (χ2v) is 19.9. The number of Topliss-reactive ketones (excluding diaryl/α,β-unsaturated/α-hetero) is 4. The van der Waals surface area contributed by atoms with Gasteiger partial charge in [0, 0.05) is 148 Å². The van der Waals surface area contributed by atoms with Gasteiger partial charge in [-0.05, 0) is 83.8 Å². The Morgan fingerprint density at radius 1 is 0.378 bits per heavy atom. The van der Waals surface area contributed by atoms with Gasteiger partial charge in [-0.3, -0.25) is 28.8 Å². The van der Waals surface area contributed by atoms with Gasteiger partial charge in [0.25, 0.3) is 0 Å². The largest absolute Gasteiger partial charge is 0.369 e. The van der Waals surface area contributed by atoms with Crippen molar-refractivity contribution in [2.24, 2.45) is 29.4 Å². The molecule has 0 radical (unpaired) electrons. The van der Waals surface area contributed by atoms with Gasteiger partial charge in [0.15, 0.2) is 5.78 Å². The maximum Gasteiger partial charge on any atom is 0.221 e. The molecule has 10 aromatic rings. The number of amides is 2. The summed E-state index contributed by atoms with van der Waals surface area (Å²) < 4.78 is 0. The van der Waals surface area contributed by atoms with Gasteiger partial charge in [-0.15, -0.1) is 0 Å². The molecule has 0 fully saturated rings. The number of rotatable bonds is 24. The molecule has 13 heteroatoms. The molecule has 5 unspecified atom stereocenters. The summed E-state index contributed by atoms with van der Waals surface area (Å²) in [7, 11) is 0. The summed E-state index contributed by atoms with van der Waals surface area (Å²) in [5.41, 5.74) is 14.8. The number of para-hydroxylation sites is 5. The highest BCUT2D eigenvalue weighted by Crippen LogP contribution is 2.32. The van der Waals surface area contributed by atoms with Crippen molar-refractivity contribution in [3.05, 3.63) is 180 Å². The lowest BCUT2D eigenvalue weighted by atomic mass is 9.78. The monoisotopic (exact) mass is 985 g/mol. The second-order valence-electron chi connectivity index (χ2n) is 19.9. The van der Waals surface area contributed by atoms with E-state index in [9.17, 15) is 19.2 Å². The summed E-state index contributed by atoms with van der Waals surface area (Å²) >= 11 is 0. The van der Waals surface area contributed by atoms with Crippen LogP contribution in [0.2, 0.25) is 0 Å². The van der Waals surface area contributed by atoms with Crippen LogP contribution < -0.4 is 11.1 Å². The van der Waals surface area contributed by atoms with E-state index in [1.54, 1.807) is 0 Å². The first-order valence-electron chi connectivity index (χ1n) is 25.4. The first kappa shape index (κ1) is 49.0. The van der Waals surface area contributed by atoms with E-state index < -0.39 is 35.6 Å². The highest BCUT2D eigenvalue weighted by molar-refractivity contribution is 5.98. The maximum absolute atomic E-state index is 15.4. The van der Waals surface area contributed by atoms with Crippen molar-refractivity contribution in [1.29, 1.82) is 0 Å². The van der Waals surface area contributed by atoms with Gasteiger partial charge in [0.1, 0.15) is 17.3 Å². The van der Waals surface area contributed by atoms with Crippen LogP contribution in [0.15, 0.2) is 152 Å². The van der Waals surface area contributed by atoms with Crippen molar-refractivity contribution in [2.45, 2.75) is 70.8 Å². The van der Waals surface area contributed by atoms with Gasteiger partial charge in [0.05, 0.1) is 6.04 Å². The summed E-state index contributed by atoms with van der Waals surface area (Å²) in [5.74, 6) is -5.57. The summed E-state index contributed by atoms with van der Waals surface area (Å²) in [4.78, 5) is 103. The minimum absolute atomic E-state index is 0.177. The predicted octanol–water partition coefficient (Wildman–Crippen LogP) is 9.90. The molecular formula is C61H59N7O6. The normalized spacial score (nSPS) is 13.8. The van der Waals surface area contributed by atoms with Crippen LogP contribution in [0.5, 0.6) is 0 Å². The second kappa shape index (κ2) is 21.6. The number of carbonyl (C=O) groups is 6. The summed E-state index contributed by atoms with van der Waals surface area (Å²) in [6, 6.07) is 37.9. The van der Waals surface area contributed by atoms with Crippen LogP contribution in [0.1, 0.15) is 60.4 Å². The molecule has 0 aliphatic heterocycles. The molecule has 5 atom stereocenters. The van der Waals surface area contributed by atoms with Crippen LogP contribution in [-0.4, -0.2) is 65.9 Å². The fraction of sp³-hybridized carbons (Fsp3) is 0.246. The van der Waals surface area contributed by atoms with Crippen molar-refractivity contribution in [2.75, 3.05) is 0 Å². The molecule has 74 heavy (non-hydrogen) atoms. The topological polar surface area (TPSA) is 219 Å². The van der Waals surface area contributed by atoms with Crippen molar-refractivity contribution in [3.63, 3.8) is 0 Å². The van der Waals surface area contributed by atoms with Crippen LogP contribution >= 0.6 is 0 Å². The highest BCUT2D eigenvalue weighted by Gasteiger charge is 2.35. The molecule has 10 rings (SSSR count). The third kappa shape index (κ3) is 10.8. The molecule has 0 spiro atoms. The van der Waals surface area contributed by atoms with Gasteiger partial charge in [0.2, 0.25) is 11.8 Å². The average molecular weight is 986 g/mol. The number of benzene rings is 5. The molecule has 13 nitrogen and oxygen atoms in total. The molecule has 2 amide bonds. The number of primary amides is 1. The van der Waals surface area contributed by atoms with Gasteiger partial charge in [-0.25, -0.2) is 0 Å². The fourth-order valence-corrected chi connectivity index (χ4v) is 11.1. The number of ketones is 4. The van der Waals surface area contributed by atoms with E-state index in [2.05, 4.69) is 30.2 Å². The quantitative estimate of drug-likeness (QED) is 0.0312. The number of carbonyl (C=O) groups excluding carboxylic acids is 6. The van der Waals surface area contributed by atoms with Gasteiger partial charge < -0.3 is 36.0 Å². The van der Waals surface area contributed by atoms with Gasteiger partial charge in [-0.2, -0.15) is 0 Å². The molecule has 0 saturated heterocycles. The Kier molecular flexibility index (Phi) is 14.3. The average Bonchev–Trinajstić information content (AvgIpc) is 4.27. The molecule has 0 bridgehead atoms. The Morgan fingerprint density at radius 2 is 0.635 bits per heavy atom. The molecule has 5 aromatic heterocycles. The molecular weight excluding hydrogens is 927 g/mol. The molecule has 5 heterocycles. The van der Waals surface area contributed by atoms with Gasteiger partial charge in [-0.1, -0.05) is 91.0 Å². The van der Waals surface area contributed by atoms with Crippen LogP contribution in [0.4, 0.5) is 0 Å². The van der Waals surface area contributed by atoms with Crippen molar-refractivity contribution in [3.8, 4) is 0 Å². The van der Waals surface area contributed by atoms with Crippen LogP contribution in [0, 0.1) is 23.7 Å². The van der Waals surface area contributed by atoms with E-state index in [0.717, 1.165) is 82.3 Å². The van der Waals surface area contributed by atoms with E-state index in [0.29, 0.717) is 0 Å². The molecule has 0 aliphatic rings. The smallest absolute Gasteiger partial charge is 0.221 e. The third-order valence-electron chi connectivity index (χ3n) is 15.0. The van der Waals surface area contributed by atoms with E-state index in [1.807, 2.05) is 152 Å². The Morgan fingerprint density at radius 3 is 0.932 bits per heavy atom. The number of hydrogen-bond donors (Lipinski definition) is 7. The standard InChI is InChI=1S/C61H59N7O6/c1-36(69)68-56(26-45-35-67-55-21-11-6-16-50(45)55)60(73)29-39(24-43-33-65-53-19-9-4-14-48(43)53)58(71)27-37(22-41-31-63-51-17-7-2-12-46(41)51)57(70)28-38(23-42-32-64-52-18-8-3-13-47(42)52)59(72)30-40(61(62)74)25-44-34-66-54-20-10-5-15-49(44)54/h2-21,31-35,37-40,56,63-67H,22-30H2,1H3,(H2,62,74)(H,68,69). The number of H-pyrrole nitrogens is 5. The van der Waals surface area contributed by atoms with Crippen molar-refractivity contribution in [1.82, 2.24) is 30.2 Å². The third-order valence-corrected chi connectivity index (χ3v) is 15.0. The molecule has 0 aliphatic carbocycles. The minimum Gasteiger partial charge on any atom is -0.369 e. The first-order valence-corrected chi connectivity index (χ1v) is 25.4. The Hall–Kier alpha value is -8.58. The highest BCUT2D eigenvalue weighted by atomic mass is 16.2. The van der Waals surface area contributed by atoms with Gasteiger partial charge >= 0.3 is 0 Å². The lowest BCUT2D eigenvalue weighted by Crippen LogP contribution is -2.42. The molecule has 374 valence electrons. The Labute approximate surface area is 427 Å². The Bertz CT molecular complexity index is 3700. The number of fused-ring (bicyclic) bond motifs is 5. The number of nitrogens with two attached hydrogens (primary N) is 1. The number of aromatic nitrogens is 5. The minimum atomic E-state index is -0.926. The zero-order chi connectivity index (χ0) is 51.3. The Balaban J connectivity index is 0.973. The first-order chi connectivity index (χ1) is 35.9. The SMILES string of the molecule is CC(=O)NC(Cc1c[nH]c2ccccc12)C(=O)CC(Cc1c[nH]c2ccccc12)C(=O)CC(Cc1c[nH]c2ccccc12)C(=O)CC(Cc1c[nH]c2ccccc12)C(=O)CC(Cc1c[nH]c2ccccc12)C(N)=O. The summed E-state index contributed by atoms with van der Waals surface area (Å²) in [5, 5.41) is 7.49. The van der Waals surface area contributed by atoms with Crippen LogP contribution in [0.25, 0.3) is 54.5 Å². The van der Waals surface area contributed by atoms with E-state index in [-0.39, 0.29) is 86.8 Å². The molecule has 5 aromatic carbocycles.